The van der Waals surface area contributed by atoms with Crippen LogP contribution in [0.15, 0.2) is 12.7 Å². The third-order valence-corrected chi connectivity index (χ3v) is 0.928. The Balaban J connectivity index is 3.07. The number of hydrogen-bond donors (Lipinski definition) is 0. The van der Waals surface area contributed by atoms with E-state index in [0.29, 0.717) is 0 Å². The molecule has 0 unspecified atom stereocenters. The maximum Gasteiger partial charge on any atom is 0.00283 e. The van der Waals surface area contributed by atoms with E-state index in [1.54, 1.807) is 17.8 Å². The summed E-state index contributed by atoms with van der Waals surface area (Å²) in [5.41, 5.74) is 0. The second-order valence-electron chi connectivity index (χ2n) is 0.884. The maximum absolute atomic E-state index is 3.45. The average molecular weight is 112 g/mol. The van der Waals surface area contributed by atoms with Gasteiger partial charge in [-0.15, -0.1) is 0 Å². The van der Waals surface area contributed by atoms with E-state index in [1.165, 1.54) is 0 Å². The highest BCUT2D eigenvalue weighted by molar-refractivity contribution is 8.03. The van der Waals surface area contributed by atoms with Gasteiger partial charge in [-0.25, -0.2) is 0 Å². The SMILES string of the molecule is C=CC#CSCC. The molecule has 0 N–H and O–H groups in total. The van der Waals surface area contributed by atoms with Gasteiger partial charge in [0.1, 0.15) is 0 Å². The van der Waals surface area contributed by atoms with Crippen LogP contribution >= 0.6 is 11.8 Å². The molecule has 0 bridgehead atoms. The quantitative estimate of drug-likeness (QED) is 0.467. The fraction of sp³-hybridized carbons (Fsp3) is 0.333. The first kappa shape index (κ1) is 6.65. The highest BCUT2D eigenvalue weighted by Gasteiger charge is 1.64. The molecule has 0 heterocycles. The van der Waals surface area contributed by atoms with Crippen molar-refractivity contribution < 1.29 is 0 Å². The van der Waals surface area contributed by atoms with Gasteiger partial charge in [-0.2, -0.15) is 0 Å². The summed E-state index contributed by atoms with van der Waals surface area (Å²) in [4.78, 5) is 0. The van der Waals surface area contributed by atoms with Crippen LogP contribution in [-0.2, 0) is 0 Å². The first-order chi connectivity index (χ1) is 3.41. The molecule has 0 rings (SSSR count). The van der Waals surface area contributed by atoms with Gasteiger partial charge in [0.25, 0.3) is 0 Å². The van der Waals surface area contributed by atoms with Crippen molar-refractivity contribution in [2.24, 2.45) is 0 Å². The van der Waals surface area contributed by atoms with E-state index in [-0.39, 0.29) is 0 Å². The van der Waals surface area contributed by atoms with Gasteiger partial charge < -0.3 is 0 Å². The summed E-state index contributed by atoms with van der Waals surface area (Å²) in [6, 6.07) is 0. The minimum absolute atomic E-state index is 1.06. The molecular weight excluding hydrogens is 104 g/mol. The lowest BCUT2D eigenvalue weighted by Crippen LogP contribution is -1.55. The predicted molar refractivity (Wildman–Crippen MR) is 36.1 cm³/mol. The zero-order valence-electron chi connectivity index (χ0n) is 4.40. The van der Waals surface area contributed by atoms with E-state index in [0.717, 1.165) is 5.75 Å². The van der Waals surface area contributed by atoms with Crippen molar-refractivity contribution in [1.82, 2.24) is 0 Å². The Bertz CT molecular complexity index is 94.5. The van der Waals surface area contributed by atoms with Crippen LogP contribution in [-0.4, -0.2) is 5.75 Å². The molecular formula is C6H8S. The molecule has 0 aliphatic rings. The molecule has 0 fully saturated rings. The molecule has 0 aliphatic carbocycles. The van der Waals surface area contributed by atoms with Gasteiger partial charge in [0.15, 0.2) is 0 Å². The fourth-order valence-electron chi connectivity index (χ4n) is 0.156. The van der Waals surface area contributed by atoms with Crippen LogP contribution in [0.3, 0.4) is 0 Å². The Labute approximate surface area is 49.0 Å². The van der Waals surface area contributed by atoms with E-state index >= 15 is 0 Å². The number of hydrogen-bond acceptors (Lipinski definition) is 1. The normalized spacial score (nSPS) is 6.43. The summed E-state index contributed by atoms with van der Waals surface area (Å²) in [6.07, 6.45) is 1.60. The second kappa shape index (κ2) is 5.65. The average Bonchev–Trinajstić information content (AvgIpc) is 1.69. The van der Waals surface area contributed by atoms with Crippen LogP contribution in [0.1, 0.15) is 6.92 Å². The van der Waals surface area contributed by atoms with Crippen molar-refractivity contribution in [3.63, 3.8) is 0 Å². The molecule has 1 heteroatoms. The highest BCUT2D eigenvalue weighted by atomic mass is 32.2. The number of allylic oxidation sites excluding steroid dienone is 1. The van der Waals surface area contributed by atoms with Gasteiger partial charge in [0.05, 0.1) is 0 Å². The van der Waals surface area contributed by atoms with Crippen LogP contribution in [0.25, 0.3) is 0 Å². The van der Waals surface area contributed by atoms with Crippen LogP contribution in [0.4, 0.5) is 0 Å². The van der Waals surface area contributed by atoms with Gasteiger partial charge in [0, 0.05) is 5.75 Å². The third kappa shape index (κ3) is 5.65. The summed E-state index contributed by atoms with van der Waals surface area (Å²) in [5, 5.41) is 2.83. The van der Waals surface area contributed by atoms with Crippen LogP contribution in [0, 0.1) is 11.2 Å². The van der Waals surface area contributed by atoms with Crippen LogP contribution in [0.5, 0.6) is 0 Å². The lowest BCUT2D eigenvalue weighted by molar-refractivity contribution is 1.54. The van der Waals surface area contributed by atoms with Gasteiger partial charge in [-0.1, -0.05) is 31.2 Å². The van der Waals surface area contributed by atoms with Gasteiger partial charge in [0.2, 0.25) is 0 Å². The summed E-state index contributed by atoms with van der Waals surface area (Å²) in [7, 11) is 0. The van der Waals surface area contributed by atoms with Crippen LogP contribution in [0.2, 0.25) is 0 Å². The molecule has 0 aromatic rings. The zero-order chi connectivity index (χ0) is 5.54. The fourth-order valence-corrected chi connectivity index (χ4v) is 0.467. The Morgan fingerprint density at radius 3 is 3.00 bits per heavy atom. The first-order valence-corrected chi connectivity index (χ1v) is 3.13. The molecule has 7 heavy (non-hydrogen) atoms. The lowest BCUT2D eigenvalue weighted by atomic mass is 10.7. The number of rotatable bonds is 1. The summed E-state index contributed by atoms with van der Waals surface area (Å²) in [6.45, 7) is 5.52. The molecule has 0 atom stereocenters. The summed E-state index contributed by atoms with van der Waals surface area (Å²) < 4.78 is 0. The second-order valence-corrected chi connectivity index (χ2v) is 1.95. The molecule has 0 aliphatic heterocycles. The van der Waals surface area contributed by atoms with Crippen molar-refractivity contribution >= 4 is 11.8 Å². The number of thioether (sulfide) groups is 1. The molecule has 0 saturated heterocycles. The molecule has 0 spiro atoms. The smallest absolute Gasteiger partial charge is 0.00283 e. The van der Waals surface area contributed by atoms with Crippen molar-refractivity contribution in [2.45, 2.75) is 6.92 Å². The molecule has 0 nitrogen and oxygen atoms in total. The topological polar surface area (TPSA) is 0 Å². The van der Waals surface area contributed by atoms with E-state index in [1.807, 2.05) is 0 Å². The maximum atomic E-state index is 3.45. The predicted octanol–water partition coefficient (Wildman–Crippen LogP) is 1.89. The van der Waals surface area contributed by atoms with E-state index in [9.17, 15) is 0 Å². The Hall–Kier alpha value is -0.350. The van der Waals surface area contributed by atoms with Crippen molar-refractivity contribution in [2.75, 3.05) is 5.75 Å². The van der Waals surface area contributed by atoms with Gasteiger partial charge in [-0.05, 0) is 11.3 Å². The molecule has 0 aromatic heterocycles. The highest BCUT2D eigenvalue weighted by Crippen LogP contribution is 1.91. The van der Waals surface area contributed by atoms with Gasteiger partial charge >= 0.3 is 0 Å². The Morgan fingerprint density at radius 2 is 2.57 bits per heavy atom. The molecule has 0 saturated carbocycles. The Kier molecular flexibility index (Phi) is 5.37. The Morgan fingerprint density at radius 1 is 1.86 bits per heavy atom. The van der Waals surface area contributed by atoms with Crippen molar-refractivity contribution in [1.29, 1.82) is 0 Å². The summed E-state index contributed by atoms with van der Waals surface area (Å²) >= 11 is 1.60. The molecule has 38 valence electrons. The van der Waals surface area contributed by atoms with E-state index in [2.05, 4.69) is 24.7 Å². The standard InChI is InChI=1S/C6H8S/c1-3-5-6-7-4-2/h3H,1,4H2,2H3. The first-order valence-electron chi connectivity index (χ1n) is 2.15. The van der Waals surface area contributed by atoms with Crippen molar-refractivity contribution in [3.05, 3.63) is 12.7 Å². The van der Waals surface area contributed by atoms with Crippen LogP contribution < -0.4 is 0 Å². The summed E-state index contributed by atoms with van der Waals surface area (Å²) in [5.74, 6) is 3.78. The van der Waals surface area contributed by atoms with Crippen molar-refractivity contribution in [3.8, 4) is 11.2 Å². The monoisotopic (exact) mass is 112 g/mol. The molecule has 0 radical (unpaired) electrons. The third-order valence-electron chi connectivity index (χ3n) is 0.377. The van der Waals surface area contributed by atoms with E-state index in [4.69, 9.17) is 0 Å². The minimum atomic E-state index is 1.06. The largest absolute Gasteiger partial charge is 0.0906 e. The van der Waals surface area contributed by atoms with E-state index < -0.39 is 0 Å². The molecule has 0 amide bonds. The minimum Gasteiger partial charge on any atom is -0.0906 e. The zero-order valence-corrected chi connectivity index (χ0v) is 5.22. The lowest BCUT2D eigenvalue weighted by Gasteiger charge is -1.72. The van der Waals surface area contributed by atoms with Gasteiger partial charge in [-0.3, -0.25) is 0 Å². The molecule has 0 aromatic carbocycles.